The third kappa shape index (κ3) is 0.823. The molecular weight excluding hydrogens is 128 g/mol. The van der Waals surface area contributed by atoms with Crippen molar-refractivity contribution in [1.29, 1.82) is 0 Å². The van der Waals surface area contributed by atoms with Gasteiger partial charge in [0, 0.05) is 17.8 Å². The first-order valence-corrected chi connectivity index (χ1v) is 3.09. The van der Waals surface area contributed by atoms with Crippen LogP contribution in [0, 0.1) is 6.92 Å². The highest BCUT2D eigenvalue weighted by Gasteiger charge is 2.06. The molecule has 56 valence electrons. The van der Waals surface area contributed by atoms with Crippen molar-refractivity contribution in [2.24, 2.45) is 5.73 Å². The van der Waals surface area contributed by atoms with E-state index in [0.29, 0.717) is 18.1 Å². The zero-order valence-electron chi connectivity index (χ0n) is 5.94. The minimum absolute atomic E-state index is 0.436. The number of nitrogens with two attached hydrogens (primary N) is 3. The first kappa shape index (κ1) is 6.95. The van der Waals surface area contributed by atoms with E-state index in [1.807, 2.05) is 6.92 Å². The summed E-state index contributed by atoms with van der Waals surface area (Å²) in [5, 5.41) is 0. The van der Waals surface area contributed by atoms with Crippen LogP contribution in [0.5, 0.6) is 0 Å². The van der Waals surface area contributed by atoms with Gasteiger partial charge in [0.05, 0.1) is 5.69 Å². The van der Waals surface area contributed by atoms with E-state index >= 15 is 0 Å². The molecule has 0 aliphatic rings. The monoisotopic (exact) mass is 140 g/mol. The molecule has 0 amide bonds. The normalized spacial score (nSPS) is 10.2. The molecule has 7 N–H and O–H groups in total. The van der Waals surface area contributed by atoms with Crippen LogP contribution < -0.4 is 17.2 Å². The van der Waals surface area contributed by atoms with Crippen LogP contribution in [-0.4, -0.2) is 4.98 Å². The Labute approximate surface area is 59.4 Å². The molecular formula is C6H12N4. The highest BCUT2D eigenvalue weighted by molar-refractivity contribution is 5.66. The zero-order chi connectivity index (χ0) is 7.72. The lowest BCUT2D eigenvalue weighted by Gasteiger charge is -1.94. The molecule has 0 aliphatic carbocycles. The van der Waals surface area contributed by atoms with Crippen molar-refractivity contribution in [3.05, 3.63) is 11.3 Å². The number of hydrogen-bond acceptors (Lipinski definition) is 3. The fourth-order valence-corrected chi connectivity index (χ4v) is 0.972. The largest absolute Gasteiger partial charge is 0.395 e. The van der Waals surface area contributed by atoms with Gasteiger partial charge in [0.15, 0.2) is 0 Å². The lowest BCUT2D eigenvalue weighted by Crippen LogP contribution is -2.00. The van der Waals surface area contributed by atoms with Gasteiger partial charge in [-0.05, 0) is 6.92 Å². The van der Waals surface area contributed by atoms with Gasteiger partial charge < -0.3 is 22.2 Å². The van der Waals surface area contributed by atoms with Crippen molar-refractivity contribution in [3.8, 4) is 0 Å². The molecule has 0 fully saturated rings. The van der Waals surface area contributed by atoms with Crippen LogP contribution in [0.2, 0.25) is 0 Å². The van der Waals surface area contributed by atoms with Gasteiger partial charge in [0.1, 0.15) is 5.82 Å². The van der Waals surface area contributed by atoms with Crippen molar-refractivity contribution in [2.45, 2.75) is 13.5 Å². The quantitative estimate of drug-likeness (QED) is 0.440. The molecule has 1 heterocycles. The van der Waals surface area contributed by atoms with Gasteiger partial charge in [-0.25, -0.2) is 0 Å². The molecule has 0 aromatic carbocycles. The summed E-state index contributed by atoms with van der Waals surface area (Å²) in [5.74, 6) is 0.512. The highest BCUT2D eigenvalue weighted by atomic mass is 14.9. The smallest absolute Gasteiger partial charge is 0.124 e. The Morgan fingerprint density at radius 1 is 1.40 bits per heavy atom. The predicted octanol–water partition coefficient (Wildman–Crippen LogP) is -0.0538. The summed E-state index contributed by atoms with van der Waals surface area (Å²) >= 11 is 0. The van der Waals surface area contributed by atoms with Crippen LogP contribution in [-0.2, 0) is 6.54 Å². The molecule has 0 bridgehead atoms. The van der Waals surface area contributed by atoms with E-state index in [1.54, 1.807) is 0 Å². The van der Waals surface area contributed by atoms with Gasteiger partial charge >= 0.3 is 0 Å². The number of hydrogen-bond donors (Lipinski definition) is 4. The van der Waals surface area contributed by atoms with Gasteiger partial charge in [-0.3, -0.25) is 0 Å². The van der Waals surface area contributed by atoms with Crippen LogP contribution in [0.15, 0.2) is 0 Å². The second-order valence-electron chi connectivity index (χ2n) is 2.26. The number of aryl methyl sites for hydroxylation is 1. The Morgan fingerprint density at radius 3 is 2.20 bits per heavy atom. The molecule has 0 unspecified atom stereocenters. The summed E-state index contributed by atoms with van der Waals surface area (Å²) < 4.78 is 0. The van der Waals surface area contributed by atoms with Crippen molar-refractivity contribution in [1.82, 2.24) is 4.98 Å². The van der Waals surface area contributed by atoms with E-state index in [9.17, 15) is 0 Å². The van der Waals surface area contributed by atoms with Gasteiger partial charge in [0.25, 0.3) is 0 Å². The molecule has 0 atom stereocenters. The van der Waals surface area contributed by atoms with Crippen molar-refractivity contribution in [3.63, 3.8) is 0 Å². The molecule has 1 rings (SSSR count). The Hall–Kier alpha value is -1.16. The number of nitrogen functional groups attached to an aromatic ring is 2. The second-order valence-corrected chi connectivity index (χ2v) is 2.26. The van der Waals surface area contributed by atoms with Gasteiger partial charge in [0.2, 0.25) is 0 Å². The van der Waals surface area contributed by atoms with Gasteiger partial charge in [-0.1, -0.05) is 0 Å². The number of aromatic nitrogens is 1. The summed E-state index contributed by atoms with van der Waals surface area (Å²) in [6.45, 7) is 2.33. The molecule has 0 saturated heterocycles. The first-order valence-electron chi connectivity index (χ1n) is 3.09. The Kier molecular flexibility index (Phi) is 1.55. The number of anilines is 2. The zero-order valence-corrected chi connectivity index (χ0v) is 5.94. The minimum atomic E-state index is 0.436. The molecule has 0 aliphatic heterocycles. The third-order valence-electron chi connectivity index (χ3n) is 1.59. The molecule has 4 heteroatoms. The predicted molar refractivity (Wildman–Crippen MR) is 42.2 cm³/mol. The topological polar surface area (TPSA) is 93.8 Å². The van der Waals surface area contributed by atoms with E-state index in [2.05, 4.69) is 4.98 Å². The molecule has 1 aromatic rings. The van der Waals surface area contributed by atoms with Crippen LogP contribution >= 0.6 is 0 Å². The second kappa shape index (κ2) is 2.22. The van der Waals surface area contributed by atoms with Crippen molar-refractivity contribution in [2.75, 3.05) is 11.5 Å². The number of aromatic amines is 1. The lowest BCUT2D eigenvalue weighted by molar-refractivity contribution is 1.05. The highest BCUT2D eigenvalue weighted by Crippen LogP contribution is 2.21. The maximum Gasteiger partial charge on any atom is 0.124 e. The summed E-state index contributed by atoms with van der Waals surface area (Å²) in [7, 11) is 0. The molecule has 10 heavy (non-hydrogen) atoms. The van der Waals surface area contributed by atoms with Crippen molar-refractivity contribution < 1.29 is 0 Å². The number of nitrogens with one attached hydrogen (secondary N) is 1. The van der Waals surface area contributed by atoms with Gasteiger partial charge in [-0.15, -0.1) is 0 Å². The SMILES string of the molecule is Cc1[nH]c(N)c(N)c1CN. The minimum Gasteiger partial charge on any atom is -0.395 e. The van der Waals surface area contributed by atoms with Crippen LogP contribution in [0.4, 0.5) is 11.5 Å². The van der Waals surface area contributed by atoms with Crippen molar-refractivity contribution >= 4 is 11.5 Å². The van der Waals surface area contributed by atoms with Crippen LogP contribution in [0.25, 0.3) is 0 Å². The summed E-state index contributed by atoms with van der Waals surface area (Å²) in [5.41, 5.74) is 18.9. The molecule has 0 saturated carbocycles. The number of rotatable bonds is 1. The van der Waals surface area contributed by atoms with E-state index in [4.69, 9.17) is 17.2 Å². The Bertz CT molecular complexity index is 238. The summed E-state index contributed by atoms with van der Waals surface area (Å²) in [6, 6.07) is 0. The average Bonchev–Trinajstić information content (AvgIpc) is 2.09. The maximum atomic E-state index is 5.58. The molecule has 1 aromatic heterocycles. The first-order chi connectivity index (χ1) is 4.66. The average molecular weight is 140 g/mol. The number of H-pyrrole nitrogens is 1. The summed E-state index contributed by atoms with van der Waals surface area (Å²) in [4.78, 5) is 2.90. The van der Waals surface area contributed by atoms with Crippen LogP contribution in [0.1, 0.15) is 11.3 Å². The molecule has 0 spiro atoms. The Balaban J connectivity index is 3.20. The standard InChI is InChI=1S/C6H12N4/c1-3-4(2-7)5(8)6(9)10-3/h10H,2,7-9H2,1H3. The van der Waals surface area contributed by atoms with Gasteiger partial charge in [-0.2, -0.15) is 0 Å². The van der Waals surface area contributed by atoms with E-state index in [-0.39, 0.29) is 0 Å². The maximum absolute atomic E-state index is 5.58. The fourth-order valence-electron chi connectivity index (χ4n) is 0.972. The van der Waals surface area contributed by atoms with E-state index < -0.39 is 0 Å². The Morgan fingerprint density at radius 2 is 2.00 bits per heavy atom. The lowest BCUT2D eigenvalue weighted by atomic mass is 10.2. The third-order valence-corrected chi connectivity index (χ3v) is 1.59. The van der Waals surface area contributed by atoms with Crippen LogP contribution in [0.3, 0.4) is 0 Å². The fraction of sp³-hybridized carbons (Fsp3) is 0.333. The molecule has 4 nitrogen and oxygen atoms in total. The van der Waals surface area contributed by atoms with E-state index in [1.165, 1.54) is 0 Å². The van der Waals surface area contributed by atoms with E-state index in [0.717, 1.165) is 11.3 Å². The molecule has 0 radical (unpaired) electrons. The summed E-state index contributed by atoms with van der Waals surface area (Å²) in [6.07, 6.45) is 0.